The molecule has 0 fully saturated rings. The monoisotopic (exact) mass is 852 g/mol. The molecule has 18 nitrogen and oxygen atoms in total. The van der Waals surface area contributed by atoms with Crippen molar-refractivity contribution in [3.8, 4) is 0 Å². The molecule has 0 bridgehead atoms. The molecule has 6 N–H and O–H groups in total. The fourth-order valence-electron chi connectivity index (χ4n) is 5.26. The number of carboxylic acids is 1. The van der Waals surface area contributed by atoms with Crippen LogP contribution >= 0.6 is 0 Å². The number of carbonyl (C=O) groups is 5. The SMILES string of the molecule is COC(=O)[C@H](Cc1cn(C(=O)OC(C)(C)C)c2ccc(C)cc12)N(C(=O)OC(C)(C)C)C(=O)OC(C)(C)C.N[C@@H](Cc1c[nH]c2ccc(F)cc12)C(=O)O.O=S(=O)(O)O. The van der Waals surface area contributed by atoms with Gasteiger partial charge >= 0.3 is 40.6 Å². The second-order valence-corrected chi connectivity index (χ2v) is 17.1. The van der Waals surface area contributed by atoms with Gasteiger partial charge in [-0.25, -0.2) is 23.6 Å². The van der Waals surface area contributed by atoms with Crippen molar-refractivity contribution in [2.75, 3.05) is 7.11 Å². The summed E-state index contributed by atoms with van der Waals surface area (Å²) in [5.41, 5.74) is 6.23. The molecule has 2 amide bonds. The number of aliphatic carboxylic acids is 1. The standard InChI is InChI=1S/C28H40N2O8.C11H11FN2O2.H2O4S/c1-17-12-13-20-19(14-17)18(16-29(20)23(32)36-26(2,3)4)15-21(22(31)35-11)30(24(33)37-27(5,6)7)25(34)38-28(8,9)10;12-7-1-2-10-8(4-7)6(5-14-10)3-9(13)11(15)16;1-5(2,3)4/h12-14,16,21H,15H2,1-11H3;1-2,4-5,9,14H,3,13H2,(H,15,16);(H2,1,2,3,4)/t21-;9-;/m00./s1. The van der Waals surface area contributed by atoms with Gasteiger partial charge in [0.05, 0.1) is 12.6 Å². The molecular formula is C39H53FN4O14S. The number of imide groups is 1. The van der Waals surface area contributed by atoms with Gasteiger partial charge in [-0.3, -0.25) is 18.5 Å². The van der Waals surface area contributed by atoms with Crippen LogP contribution in [0.2, 0.25) is 0 Å². The molecule has 4 rings (SSSR count). The van der Waals surface area contributed by atoms with E-state index in [1.807, 2.05) is 19.1 Å². The highest BCUT2D eigenvalue weighted by atomic mass is 32.3. The highest BCUT2D eigenvalue weighted by molar-refractivity contribution is 7.79. The topological polar surface area (TPSA) is 267 Å². The zero-order chi connectivity index (χ0) is 45.4. The number of esters is 1. The number of nitrogens with zero attached hydrogens (tertiary/aromatic N) is 2. The number of H-pyrrole nitrogens is 1. The molecule has 2 atom stereocenters. The molecule has 20 heteroatoms. The summed E-state index contributed by atoms with van der Waals surface area (Å²) in [6.07, 6.45) is 0.482. The lowest BCUT2D eigenvalue weighted by Crippen LogP contribution is -2.53. The molecule has 0 unspecified atom stereocenters. The van der Waals surface area contributed by atoms with Crippen molar-refractivity contribution in [3.63, 3.8) is 0 Å². The van der Waals surface area contributed by atoms with Crippen molar-refractivity contribution in [2.24, 2.45) is 5.73 Å². The Morgan fingerprint density at radius 1 is 0.831 bits per heavy atom. The minimum Gasteiger partial charge on any atom is -0.480 e. The summed E-state index contributed by atoms with van der Waals surface area (Å²) in [5.74, 6) is -2.27. The Morgan fingerprint density at radius 2 is 1.36 bits per heavy atom. The first-order valence-electron chi connectivity index (χ1n) is 17.9. The first-order valence-corrected chi connectivity index (χ1v) is 19.3. The molecule has 2 aromatic carbocycles. The number of nitrogens with two attached hydrogens (primary N) is 1. The van der Waals surface area contributed by atoms with E-state index in [4.69, 9.17) is 47.3 Å². The van der Waals surface area contributed by atoms with Crippen LogP contribution in [0.5, 0.6) is 0 Å². The van der Waals surface area contributed by atoms with Gasteiger partial charge in [-0.15, -0.1) is 0 Å². The Hall–Kier alpha value is -5.57. The van der Waals surface area contributed by atoms with Crippen molar-refractivity contribution in [1.82, 2.24) is 14.5 Å². The summed E-state index contributed by atoms with van der Waals surface area (Å²) in [5, 5.41) is 10.0. The lowest BCUT2D eigenvalue weighted by atomic mass is 10.0. The average Bonchev–Trinajstić information content (AvgIpc) is 3.61. The Balaban J connectivity index is 0.000000465. The highest BCUT2D eigenvalue weighted by Gasteiger charge is 2.41. The van der Waals surface area contributed by atoms with Crippen LogP contribution in [0, 0.1) is 12.7 Å². The third-order valence-corrected chi connectivity index (χ3v) is 7.50. The zero-order valence-corrected chi connectivity index (χ0v) is 35.6. The molecule has 2 heterocycles. The normalized spacial score (nSPS) is 12.9. The predicted molar refractivity (Wildman–Crippen MR) is 214 cm³/mol. The van der Waals surface area contributed by atoms with Gasteiger partial charge < -0.3 is 34.8 Å². The number of fused-ring (bicyclic) bond motifs is 2. The average molecular weight is 853 g/mol. The van der Waals surface area contributed by atoms with Crippen LogP contribution in [0.4, 0.5) is 18.8 Å². The van der Waals surface area contributed by atoms with Crippen LogP contribution in [0.25, 0.3) is 21.8 Å². The number of ether oxygens (including phenoxy) is 4. The molecule has 0 spiro atoms. The number of hydrogen-bond acceptors (Lipinski definition) is 12. The second kappa shape index (κ2) is 19.5. The van der Waals surface area contributed by atoms with Crippen molar-refractivity contribution in [1.29, 1.82) is 0 Å². The molecule has 0 aliphatic carbocycles. The number of aryl methyl sites for hydroxylation is 1. The molecule has 0 aliphatic rings. The van der Waals surface area contributed by atoms with Crippen LogP contribution in [0.3, 0.4) is 0 Å². The van der Waals surface area contributed by atoms with Crippen LogP contribution < -0.4 is 5.73 Å². The highest BCUT2D eigenvalue weighted by Crippen LogP contribution is 2.28. The Kier molecular flexibility index (Phi) is 16.3. The molecule has 0 saturated carbocycles. The van der Waals surface area contributed by atoms with E-state index in [9.17, 15) is 28.4 Å². The Bertz CT molecular complexity index is 2230. The predicted octanol–water partition coefficient (Wildman–Crippen LogP) is 6.60. The van der Waals surface area contributed by atoms with Gasteiger partial charge in [0.15, 0.2) is 0 Å². The lowest BCUT2D eigenvalue weighted by molar-refractivity contribution is -0.146. The van der Waals surface area contributed by atoms with Gasteiger partial charge in [0, 0.05) is 41.5 Å². The van der Waals surface area contributed by atoms with Gasteiger partial charge in [0.2, 0.25) is 0 Å². The van der Waals surface area contributed by atoms with E-state index in [1.54, 1.807) is 80.6 Å². The first-order chi connectivity index (χ1) is 26.8. The van der Waals surface area contributed by atoms with Gasteiger partial charge in [-0.1, -0.05) is 11.6 Å². The third kappa shape index (κ3) is 16.3. The van der Waals surface area contributed by atoms with E-state index in [1.165, 1.54) is 22.9 Å². The Labute approximate surface area is 341 Å². The number of methoxy groups -OCH3 is 1. The van der Waals surface area contributed by atoms with E-state index >= 15 is 0 Å². The minimum absolute atomic E-state index is 0.166. The van der Waals surface area contributed by atoms with Crippen LogP contribution in [0.1, 0.15) is 79.0 Å². The fourth-order valence-corrected chi connectivity index (χ4v) is 5.26. The summed E-state index contributed by atoms with van der Waals surface area (Å²) in [6.45, 7) is 17.0. The largest absolute Gasteiger partial charge is 0.480 e. The van der Waals surface area contributed by atoms with Crippen molar-refractivity contribution in [3.05, 3.63) is 71.3 Å². The Morgan fingerprint density at radius 3 is 1.83 bits per heavy atom. The smallest absolute Gasteiger partial charge is 0.420 e. The molecule has 4 aromatic rings. The maximum absolute atomic E-state index is 13.2. The van der Waals surface area contributed by atoms with E-state index in [0.29, 0.717) is 32.3 Å². The zero-order valence-electron chi connectivity index (χ0n) is 34.8. The molecular weight excluding hydrogens is 800 g/mol. The van der Waals surface area contributed by atoms with Crippen molar-refractivity contribution >= 4 is 62.4 Å². The van der Waals surface area contributed by atoms with Gasteiger partial charge in [-0.2, -0.15) is 13.3 Å². The number of carboxylic acid groups (broad SMARTS) is 1. The summed E-state index contributed by atoms with van der Waals surface area (Å²) in [4.78, 5) is 66.7. The van der Waals surface area contributed by atoms with E-state index < -0.39 is 69.5 Å². The number of nitrogens with one attached hydrogen (secondary N) is 1. The lowest BCUT2D eigenvalue weighted by Gasteiger charge is -2.32. The van der Waals surface area contributed by atoms with E-state index in [-0.39, 0.29) is 18.7 Å². The van der Waals surface area contributed by atoms with Gasteiger partial charge in [-0.05, 0) is 111 Å². The minimum atomic E-state index is -4.67. The van der Waals surface area contributed by atoms with Crippen molar-refractivity contribution in [2.45, 2.75) is 111 Å². The summed E-state index contributed by atoms with van der Waals surface area (Å²) >= 11 is 0. The van der Waals surface area contributed by atoms with Crippen LogP contribution in [-0.2, 0) is 51.8 Å². The van der Waals surface area contributed by atoms with E-state index in [0.717, 1.165) is 18.2 Å². The quantitative estimate of drug-likeness (QED) is 0.0745. The number of benzene rings is 2. The summed E-state index contributed by atoms with van der Waals surface area (Å²) < 4.78 is 67.4. The fraction of sp³-hybridized carbons (Fsp3) is 0.462. The molecule has 0 saturated heterocycles. The molecule has 59 heavy (non-hydrogen) atoms. The maximum atomic E-state index is 13.2. The number of amides is 2. The van der Waals surface area contributed by atoms with Gasteiger partial charge in [0.25, 0.3) is 0 Å². The van der Waals surface area contributed by atoms with Crippen LogP contribution in [-0.4, -0.2) is 103 Å². The van der Waals surface area contributed by atoms with Gasteiger partial charge in [0.1, 0.15) is 34.7 Å². The molecule has 326 valence electrons. The number of aromatic amines is 1. The first kappa shape index (κ1) is 49.6. The third-order valence-electron chi connectivity index (χ3n) is 7.50. The maximum Gasteiger partial charge on any atom is 0.420 e. The number of halogens is 1. The molecule has 0 radical (unpaired) electrons. The number of rotatable bonds is 7. The van der Waals surface area contributed by atoms with Crippen LogP contribution in [0.15, 0.2) is 48.8 Å². The summed E-state index contributed by atoms with van der Waals surface area (Å²) in [7, 11) is -3.51. The second-order valence-electron chi connectivity index (χ2n) is 16.2. The number of carbonyl (C=O) groups excluding carboxylic acids is 4. The molecule has 2 aromatic heterocycles. The van der Waals surface area contributed by atoms with E-state index in [2.05, 4.69) is 4.98 Å². The number of aromatic nitrogens is 2. The van der Waals surface area contributed by atoms with Crippen molar-refractivity contribution < 1.29 is 69.9 Å². The number of hydrogen-bond donors (Lipinski definition) is 5. The molecule has 0 aliphatic heterocycles. The summed E-state index contributed by atoms with van der Waals surface area (Å²) in [6, 6.07) is 7.38.